The molecule has 0 fully saturated rings. The zero-order valence-corrected chi connectivity index (χ0v) is 11.0. The number of carbonyl (C=O) groups is 1. The molecule has 0 aliphatic heterocycles. The van der Waals surface area contributed by atoms with Gasteiger partial charge in [0.15, 0.2) is 0 Å². The molecule has 2 nitrogen and oxygen atoms in total. The first-order valence-electron chi connectivity index (χ1n) is 5.06. The van der Waals surface area contributed by atoms with Gasteiger partial charge in [0.2, 0.25) is 0 Å². The Morgan fingerprint density at radius 3 is 2.33 bits per heavy atom. The molecular formula is C12H10BrF3O2. The molecule has 1 aromatic rings. The standard InChI is InChI=1S/C12H10BrF3O2/c1-2-18-11(17)7-10(12(14,15)16)8-3-5-9(13)6-4-8/h3-7H,2H2,1H3/b10-7+. The van der Waals surface area contributed by atoms with Crippen LogP contribution in [0.25, 0.3) is 5.57 Å². The van der Waals surface area contributed by atoms with Crippen molar-refractivity contribution in [1.29, 1.82) is 0 Å². The number of esters is 1. The molecule has 0 saturated heterocycles. The number of ether oxygens (including phenoxy) is 1. The number of allylic oxidation sites excluding steroid dienone is 1. The van der Waals surface area contributed by atoms with Gasteiger partial charge in [0, 0.05) is 10.5 Å². The number of benzene rings is 1. The van der Waals surface area contributed by atoms with Crippen LogP contribution in [0.1, 0.15) is 12.5 Å². The molecule has 0 atom stereocenters. The molecule has 0 heterocycles. The van der Waals surface area contributed by atoms with E-state index in [1.54, 1.807) is 0 Å². The highest BCUT2D eigenvalue weighted by atomic mass is 79.9. The summed E-state index contributed by atoms with van der Waals surface area (Å²) in [5.74, 6) is -1.01. The van der Waals surface area contributed by atoms with E-state index in [9.17, 15) is 18.0 Å². The topological polar surface area (TPSA) is 26.3 Å². The summed E-state index contributed by atoms with van der Waals surface area (Å²) in [7, 11) is 0. The predicted octanol–water partition coefficient (Wildman–Crippen LogP) is 3.96. The molecular weight excluding hydrogens is 313 g/mol. The van der Waals surface area contributed by atoms with Gasteiger partial charge < -0.3 is 4.74 Å². The van der Waals surface area contributed by atoms with E-state index in [0.29, 0.717) is 10.5 Å². The zero-order chi connectivity index (χ0) is 13.8. The number of hydrogen-bond acceptors (Lipinski definition) is 2. The number of carbonyl (C=O) groups excluding carboxylic acids is 1. The Bertz CT molecular complexity index is 449. The molecule has 0 N–H and O–H groups in total. The first-order chi connectivity index (χ1) is 8.34. The largest absolute Gasteiger partial charge is 0.463 e. The molecule has 0 aliphatic rings. The van der Waals surface area contributed by atoms with Crippen LogP contribution in [0, 0.1) is 0 Å². The average Bonchev–Trinajstić information content (AvgIpc) is 2.26. The van der Waals surface area contributed by atoms with Gasteiger partial charge in [-0.05, 0) is 24.6 Å². The van der Waals surface area contributed by atoms with Crippen LogP contribution in [-0.4, -0.2) is 18.8 Å². The van der Waals surface area contributed by atoms with Gasteiger partial charge in [0.25, 0.3) is 0 Å². The molecule has 0 amide bonds. The Hall–Kier alpha value is -1.30. The SMILES string of the molecule is CCOC(=O)/C=C(\c1ccc(Br)cc1)C(F)(F)F. The van der Waals surface area contributed by atoms with Crippen molar-refractivity contribution in [3.63, 3.8) is 0 Å². The molecule has 0 radical (unpaired) electrons. The molecule has 0 aliphatic carbocycles. The maximum absolute atomic E-state index is 12.8. The van der Waals surface area contributed by atoms with Crippen LogP contribution in [-0.2, 0) is 9.53 Å². The van der Waals surface area contributed by atoms with Crippen molar-refractivity contribution in [1.82, 2.24) is 0 Å². The third kappa shape index (κ3) is 4.18. The molecule has 0 spiro atoms. The highest BCUT2D eigenvalue weighted by molar-refractivity contribution is 9.10. The Morgan fingerprint density at radius 2 is 1.89 bits per heavy atom. The van der Waals surface area contributed by atoms with Crippen molar-refractivity contribution < 1.29 is 22.7 Å². The number of alkyl halides is 3. The Morgan fingerprint density at radius 1 is 1.33 bits per heavy atom. The summed E-state index contributed by atoms with van der Waals surface area (Å²) < 4.78 is 43.6. The highest BCUT2D eigenvalue weighted by Crippen LogP contribution is 2.34. The summed E-state index contributed by atoms with van der Waals surface area (Å²) in [6, 6.07) is 5.51. The number of rotatable bonds is 3. The number of halogens is 4. The van der Waals surface area contributed by atoms with E-state index >= 15 is 0 Å². The van der Waals surface area contributed by atoms with Crippen LogP contribution < -0.4 is 0 Å². The summed E-state index contributed by atoms with van der Waals surface area (Å²) in [4.78, 5) is 11.1. The summed E-state index contributed by atoms with van der Waals surface area (Å²) in [6.07, 6.45) is -4.15. The quantitative estimate of drug-likeness (QED) is 0.622. The van der Waals surface area contributed by atoms with E-state index in [2.05, 4.69) is 20.7 Å². The van der Waals surface area contributed by atoms with E-state index in [4.69, 9.17) is 0 Å². The minimum Gasteiger partial charge on any atom is -0.463 e. The van der Waals surface area contributed by atoms with Crippen molar-refractivity contribution in [3.8, 4) is 0 Å². The first kappa shape index (κ1) is 14.8. The van der Waals surface area contributed by atoms with Gasteiger partial charge in [0.1, 0.15) is 0 Å². The molecule has 0 bridgehead atoms. The molecule has 1 aromatic carbocycles. The van der Waals surface area contributed by atoms with E-state index in [1.807, 2.05) is 0 Å². The monoisotopic (exact) mass is 322 g/mol. The zero-order valence-electron chi connectivity index (χ0n) is 9.42. The van der Waals surface area contributed by atoms with Crippen molar-refractivity contribution in [2.45, 2.75) is 13.1 Å². The van der Waals surface area contributed by atoms with Crippen LogP contribution >= 0.6 is 15.9 Å². The molecule has 1 rings (SSSR count). The lowest BCUT2D eigenvalue weighted by atomic mass is 10.1. The van der Waals surface area contributed by atoms with Gasteiger partial charge in [-0.2, -0.15) is 13.2 Å². The van der Waals surface area contributed by atoms with Crippen LogP contribution in [0.3, 0.4) is 0 Å². The fourth-order valence-electron chi connectivity index (χ4n) is 1.26. The third-order valence-electron chi connectivity index (χ3n) is 2.01. The summed E-state index contributed by atoms with van der Waals surface area (Å²) in [6.45, 7) is 1.55. The van der Waals surface area contributed by atoms with Crippen molar-refractivity contribution >= 4 is 27.5 Å². The summed E-state index contributed by atoms with van der Waals surface area (Å²) in [5.41, 5.74) is -1.10. The average molecular weight is 323 g/mol. The fraction of sp³-hybridized carbons (Fsp3) is 0.250. The van der Waals surface area contributed by atoms with Crippen molar-refractivity contribution in [2.75, 3.05) is 6.61 Å². The molecule has 0 aromatic heterocycles. The van der Waals surface area contributed by atoms with E-state index < -0.39 is 17.7 Å². The van der Waals surface area contributed by atoms with Crippen molar-refractivity contribution in [2.24, 2.45) is 0 Å². The van der Waals surface area contributed by atoms with Gasteiger partial charge in [-0.15, -0.1) is 0 Å². The van der Waals surface area contributed by atoms with E-state index in [-0.39, 0.29) is 12.2 Å². The summed E-state index contributed by atoms with van der Waals surface area (Å²) >= 11 is 3.13. The van der Waals surface area contributed by atoms with Crippen LogP contribution in [0.4, 0.5) is 13.2 Å². The smallest absolute Gasteiger partial charge is 0.417 e. The Labute approximate surface area is 111 Å². The second kappa shape index (κ2) is 6.04. The van der Waals surface area contributed by atoms with Crippen LogP contribution in [0.15, 0.2) is 34.8 Å². The fourth-order valence-corrected chi connectivity index (χ4v) is 1.52. The van der Waals surface area contributed by atoms with E-state index in [0.717, 1.165) is 0 Å². The first-order valence-corrected chi connectivity index (χ1v) is 5.85. The maximum Gasteiger partial charge on any atom is 0.417 e. The van der Waals surface area contributed by atoms with Gasteiger partial charge >= 0.3 is 12.1 Å². The second-order valence-corrected chi connectivity index (χ2v) is 4.23. The van der Waals surface area contributed by atoms with Crippen molar-refractivity contribution in [3.05, 3.63) is 40.4 Å². The summed E-state index contributed by atoms with van der Waals surface area (Å²) in [5, 5.41) is 0. The van der Waals surface area contributed by atoms with E-state index in [1.165, 1.54) is 31.2 Å². The van der Waals surface area contributed by atoms with Crippen LogP contribution in [0.2, 0.25) is 0 Å². The lowest BCUT2D eigenvalue weighted by Gasteiger charge is -2.11. The highest BCUT2D eigenvalue weighted by Gasteiger charge is 2.35. The Balaban J connectivity index is 3.14. The molecule has 0 unspecified atom stereocenters. The molecule has 98 valence electrons. The van der Waals surface area contributed by atoms with Gasteiger partial charge in [-0.25, -0.2) is 4.79 Å². The lowest BCUT2D eigenvalue weighted by molar-refractivity contribution is -0.137. The minimum atomic E-state index is -4.61. The maximum atomic E-state index is 12.8. The second-order valence-electron chi connectivity index (χ2n) is 3.31. The minimum absolute atomic E-state index is 0.0286. The molecule has 18 heavy (non-hydrogen) atoms. The van der Waals surface area contributed by atoms with Crippen LogP contribution in [0.5, 0.6) is 0 Å². The number of hydrogen-bond donors (Lipinski definition) is 0. The Kier molecular flexibility index (Phi) is 4.95. The third-order valence-corrected chi connectivity index (χ3v) is 2.54. The normalized spacial score (nSPS) is 12.4. The molecule has 6 heteroatoms. The van der Waals surface area contributed by atoms with Gasteiger partial charge in [-0.1, -0.05) is 28.1 Å². The van der Waals surface area contributed by atoms with Gasteiger partial charge in [0.05, 0.1) is 12.2 Å². The lowest BCUT2D eigenvalue weighted by Crippen LogP contribution is -2.13. The van der Waals surface area contributed by atoms with Gasteiger partial charge in [-0.3, -0.25) is 0 Å². The predicted molar refractivity (Wildman–Crippen MR) is 64.8 cm³/mol. The molecule has 0 saturated carbocycles.